The average Bonchev–Trinajstić information content (AvgIpc) is 2.70. The monoisotopic (exact) mass is 317 g/mol. The summed E-state index contributed by atoms with van der Waals surface area (Å²) >= 11 is 5.82. The van der Waals surface area contributed by atoms with Gasteiger partial charge in [-0.05, 0) is 24.7 Å². The van der Waals surface area contributed by atoms with Crippen molar-refractivity contribution in [2.75, 3.05) is 30.2 Å². The lowest BCUT2D eigenvalue weighted by Crippen LogP contribution is -2.34. The Morgan fingerprint density at radius 1 is 1.11 bits per heavy atom. The van der Waals surface area contributed by atoms with Gasteiger partial charge < -0.3 is 0 Å². The van der Waals surface area contributed by atoms with Gasteiger partial charge in [-0.2, -0.15) is 0 Å². The van der Waals surface area contributed by atoms with E-state index in [1.807, 2.05) is 0 Å². The molecular formula is C10H20ClNO4S2. The number of hydrogen-bond acceptors (Lipinski definition) is 4. The highest BCUT2D eigenvalue weighted by Gasteiger charge is 2.27. The van der Waals surface area contributed by atoms with E-state index in [9.17, 15) is 16.8 Å². The van der Waals surface area contributed by atoms with Crippen LogP contribution in [0.1, 0.15) is 19.3 Å². The first kappa shape index (κ1) is 16.2. The summed E-state index contributed by atoms with van der Waals surface area (Å²) < 4.78 is 47.6. The van der Waals surface area contributed by atoms with E-state index in [4.69, 9.17) is 11.6 Å². The summed E-state index contributed by atoms with van der Waals surface area (Å²) in [6.07, 6.45) is 4.13. The summed E-state index contributed by atoms with van der Waals surface area (Å²) in [4.78, 5) is 0. The number of sulfonamides is 1. The Morgan fingerprint density at radius 3 is 2.28 bits per heavy atom. The largest absolute Gasteiger partial charge is 0.229 e. The number of nitrogens with one attached hydrogen (secondary N) is 1. The van der Waals surface area contributed by atoms with E-state index >= 15 is 0 Å². The van der Waals surface area contributed by atoms with Crippen LogP contribution < -0.4 is 4.72 Å². The van der Waals surface area contributed by atoms with Crippen molar-refractivity contribution in [1.82, 2.24) is 4.72 Å². The van der Waals surface area contributed by atoms with E-state index in [-0.39, 0.29) is 17.4 Å². The topological polar surface area (TPSA) is 80.3 Å². The van der Waals surface area contributed by atoms with Gasteiger partial charge in [0.15, 0.2) is 0 Å². The molecule has 1 saturated carbocycles. The number of alkyl halides is 1. The second kappa shape index (κ2) is 6.54. The van der Waals surface area contributed by atoms with Gasteiger partial charge in [0.1, 0.15) is 9.84 Å². The summed E-state index contributed by atoms with van der Waals surface area (Å²) in [5, 5.41) is 0. The molecule has 5 nitrogen and oxygen atoms in total. The van der Waals surface area contributed by atoms with Gasteiger partial charge in [0.2, 0.25) is 10.0 Å². The molecule has 0 aromatic carbocycles. The third kappa shape index (κ3) is 5.86. The van der Waals surface area contributed by atoms with Crippen molar-refractivity contribution < 1.29 is 16.8 Å². The molecule has 0 bridgehead atoms. The van der Waals surface area contributed by atoms with Crippen LogP contribution in [-0.4, -0.2) is 47.0 Å². The molecule has 0 radical (unpaired) electrons. The molecule has 0 aromatic rings. The molecule has 0 spiro atoms. The smallest absolute Gasteiger partial charge is 0.212 e. The van der Waals surface area contributed by atoms with Gasteiger partial charge in [-0.3, -0.25) is 0 Å². The van der Waals surface area contributed by atoms with Crippen LogP contribution in [0, 0.1) is 11.8 Å². The molecule has 1 rings (SSSR count). The van der Waals surface area contributed by atoms with Crippen LogP contribution in [0.5, 0.6) is 0 Å². The Labute approximate surface area is 114 Å². The molecule has 0 aromatic heterocycles. The average molecular weight is 318 g/mol. The molecule has 0 amide bonds. The van der Waals surface area contributed by atoms with E-state index in [0.717, 1.165) is 25.5 Å². The third-order valence-corrected chi connectivity index (χ3v) is 6.25. The first-order valence-electron chi connectivity index (χ1n) is 5.94. The maximum atomic E-state index is 11.6. The molecule has 0 saturated heterocycles. The zero-order chi connectivity index (χ0) is 13.8. The lowest BCUT2D eigenvalue weighted by atomic mass is 9.98. The van der Waals surface area contributed by atoms with Crippen molar-refractivity contribution in [3.05, 3.63) is 0 Å². The quantitative estimate of drug-likeness (QED) is 0.697. The minimum atomic E-state index is -3.51. The van der Waals surface area contributed by atoms with Crippen LogP contribution in [-0.2, 0) is 19.9 Å². The minimum absolute atomic E-state index is 0.274. The molecule has 1 aliphatic carbocycles. The summed E-state index contributed by atoms with van der Waals surface area (Å²) in [5.41, 5.74) is 0. The van der Waals surface area contributed by atoms with Crippen molar-refractivity contribution in [2.45, 2.75) is 19.3 Å². The molecule has 1 aliphatic rings. The standard InChI is InChI=1S/C10H20ClNO4S2/c1-17(13,14)5-6-18(15,16)12-8-10-4-2-3-9(10)7-11/h9-10,12H,2-8H2,1H3. The van der Waals surface area contributed by atoms with E-state index in [1.54, 1.807) is 0 Å². The number of hydrogen-bond donors (Lipinski definition) is 1. The van der Waals surface area contributed by atoms with Gasteiger partial charge in [0, 0.05) is 18.7 Å². The fourth-order valence-electron chi connectivity index (χ4n) is 2.15. The normalized spacial score (nSPS) is 25.4. The van der Waals surface area contributed by atoms with Crippen molar-refractivity contribution >= 4 is 31.5 Å². The highest BCUT2D eigenvalue weighted by atomic mass is 35.5. The first-order valence-corrected chi connectivity index (χ1v) is 10.2. The Morgan fingerprint density at radius 2 is 1.72 bits per heavy atom. The molecule has 2 unspecified atom stereocenters. The van der Waals surface area contributed by atoms with Crippen LogP contribution in [0.15, 0.2) is 0 Å². The fourth-order valence-corrected chi connectivity index (χ4v) is 5.26. The Kier molecular flexibility index (Phi) is 5.89. The summed E-state index contributed by atoms with van der Waals surface area (Å²) in [7, 11) is -6.76. The van der Waals surface area contributed by atoms with Gasteiger partial charge in [-0.25, -0.2) is 21.6 Å². The van der Waals surface area contributed by atoms with Gasteiger partial charge in [0.05, 0.1) is 11.5 Å². The third-order valence-electron chi connectivity index (χ3n) is 3.30. The number of sulfone groups is 1. The molecule has 1 N–H and O–H groups in total. The van der Waals surface area contributed by atoms with E-state index in [1.165, 1.54) is 0 Å². The molecule has 8 heteroatoms. The predicted octanol–water partition coefficient (Wildman–Crippen LogP) is 0.605. The SMILES string of the molecule is CS(=O)(=O)CCS(=O)(=O)NCC1CCCC1CCl. The lowest BCUT2D eigenvalue weighted by molar-refractivity contribution is 0.418. The molecule has 18 heavy (non-hydrogen) atoms. The predicted molar refractivity (Wildman–Crippen MR) is 73.1 cm³/mol. The van der Waals surface area contributed by atoms with Crippen LogP contribution in [0.4, 0.5) is 0 Å². The summed E-state index contributed by atoms with van der Waals surface area (Å²) in [6, 6.07) is 0. The lowest BCUT2D eigenvalue weighted by Gasteiger charge is -2.17. The second-order valence-corrected chi connectivity index (χ2v) is 9.40. The minimum Gasteiger partial charge on any atom is -0.229 e. The highest BCUT2D eigenvalue weighted by molar-refractivity contribution is 7.93. The zero-order valence-electron chi connectivity index (χ0n) is 10.4. The number of rotatable bonds is 7. The van der Waals surface area contributed by atoms with E-state index in [0.29, 0.717) is 18.3 Å². The van der Waals surface area contributed by atoms with Crippen LogP contribution >= 0.6 is 11.6 Å². The van der Waals surface area contributed by atoms with Crippen molar-refractivity contribution in [3.63, 3.8) is 0 Å². The molecule has 1 fully saturated rings. The highest BCUT2D eigenvalue weighted by Crippen LogP contribution is 2.32. The van der Waals surface area contributed by atoms with Gasteiger partial charge in [-0.1, -0.05) is 6.42 Å². The Bertz CT molecular complexity index is 460. The van der Waals surface area contributed by atoms with E-state index < -0.39 is 19.9 Å². The molecule has 2 atom stereocenters. The first-order chi connectivity index (χ1) is 8.23. The Balaban J connectivity index is 2.42. The van der Waals surface area contributed by atoms with Gasteiger partial charge >= 0.3 is 0 Å². The van der Waals surface area contributed by atoms with Crippen molar-refractivity contribution in [3.8, 4) is 0 Å². The van der Waals surface area contributed by atoms with Crippen LogP contribution in [0.3, 0.4) is 0 Å². The van der Waals surface area contributed by atoms with Crippen LogP contribution in [0.2, 0.25) is 0 Å². The number of halogens is 1. The van der Waals surface area contributed by atoms with E-state index in [2.05, 4.69) is 4.72 Å². The van der Waals surface area contributed by atoms with Crippen molar-refractivity contribution in [1.29, 1.82) is 0 Å². The second-order valence-electron chi connectivity index (χ2n) is 4.90. The molecule has 0 heterocycles. The summed E-state index contributed by atoms with van der Waals surface area (Å²) in [5.74, 6) is 0.478. The Hall–Kier alpha value is 0.150. The molecular weight excluding hydrogens is 298 g/mol. The maximum Gasteiger partial charge on any atom is 0.212 e. The zero-order valence-corrected chi connectivity index (χ0v) is 12.8. The van der Waals surface area contributed by atoms with Crippen LogP contribution in [0.25, 0.3) is 0 Å². The van der Waals surface area contributed by atoms with Gasteiger partial charge in [0.25, 0.3) is 0 Å². The summed E-state index contributed by atoms with van der Waals surface area (Å²) in [6.45, 7) is 0.365. The fraction of sp³-hybridized carbons (Fsp3) is 1.00. The van der Waals surface area contributed by atoms with Gasteiger partial charge in [-0.15, -0.1) is 11.6 Å². The maximum absolute atomic E-state index is 11.6. The molecule has 0 aliphatic heterocycles. The van der Waals surface area contributed by atoms with Crippen molar-refractivity contribution in [2.24, 2.45) is 11.8 Å². The molecule has 108 valence electrons.